The fraction of sp³-hybridized carbons (Fsp3) is 0.222. The van der Waals surface area contributed by atoms with E-state index in [1.54, 1.807) is 24.3 Å². The molecule has 0 aliphatic heterocycles. The molecule has 0 spiro atoms. The number of hydrogen-bond acceptors (Lipinski definition) is 3. The highest BCUT2D eigenvalue weighted by Gasteiger charge is 2.08. The van der Waals surface area contributed by atoms with Crippen molar-refractivity contribution in [2.24, 2.45) is 0 Å². The molecule has 22 heavy (non-hydrogen) atoms. The Kier molecular flexibility index (Phi) is 5.31. The highest BCUT2D eigenvalue weighted by Crippen LogP contribution is 2.16. The lowest BCUT2D eigenvalue weighted by Crippen LogP contribution is -2.03. The van der Waals surface area contributed by atoms with Gasteiger partial charge in [0, 0.05) is 12.0 Å². The maximum atomic E-state index is 11.8. The van der Waals surface area contributed by atoms with E-state index in [2.05, 4.69) is 0 Å². The van der Waals surface area contributed by atoms with Gasteiger partial charge >= 0.3 is 5.97 Å². The van der Waals surface area contributed by atoms with E-state index in [1.165, 1.54) is 5.56 Å². The topological polar surface area (TPSA) is 63.6 Å². The zero-order valence-electron chi connectivity index (χ0n) is 12.4. The molecule has 0 aromatic heterocycles. The van der Waals surface area contributed by atoms with Gasteiger partial charge in [-0.25, -0.2) is 0 Å². The van der Waals surface area contributed by atoms with Crippen LogP contribution in [0.1, 0.15) is 34.3 Å². The average Bonchev–Trinajstić information content (AvgIpc) is 2.52. The zero-order chi connectivity index (χ0) is 15.9. The fourth-order valence-corrected chi connectivity index (χ4v) is 1.95. The lowest BCUT2D eigenvalue weighted by molar-refractivity contribution is -0.136. The van der Waals surface area contributed by atoms with Crippen LogP contribution in [0, 0.1) is 6.92 Å². The van der Waals surface area contributed by atoms with Crippen molar-refractivity contribution in [2.75, 3.05) is 0 Å². The quantitative estimate of drug-likeness (QED) is 0.793. The van der Waals surface area contributed by atoms with Gasteiger partial charge in [-0.05, 0) is 36.8 Å². The summed E-state index contributed by atoms with van der Waals surface area (Å²) in [7, 11) is 0. The van der Waals surface area contributed by atoms with Gasteiger partial charge in [0.1, 0.15) is 12.4 Å². The molecule has 2 aromatic carbocycles. The normalized spacial score (nSPS) is 10.2. The van der Waals surface area contributed by atoms with Crippen LogP contribution >= 0.6 is 0 Å². The van der Waals surface area contributed by atoms with Crippen LogP contribution in [0.5, 0.6) is 5.75 Å². The summed E-state index contributed by atoms with van der Waals surface area (Å²) in [6.45, 7) is 2.50. The van der Waals surface area contributed by atoms with Gasteiger partial charge in [-0.15, -0.1) is 0 Å². The molecule has 0 heterocycles. The number of hydrogen-bond donors (Lipinski definition) is 1. The maximum Gasteiger partial charge on any atom is 0.303 e. The number of ketones is 1. The van der Waals surface area contributed by atoms with Gasteiger partial charge in [0.2, 0.25) is 0 Å². The number of Topliss-reactive ketones (excluding diaryl/α,β-unsaturated/α-hetero) is 1. The molecule has 0 aliphatic carbocycles. The summed E-state index contributed by atoms with van der Waals surface area (Å²) < 4.78 is 5.66. The van der Waals surface area contributed by atoms with E-state index in [4.69, 9.17) is 9.84 Å². The highest BCUT2D eigenvalue weighted by molar-refractivity contribution is 5.97. The number of aliphatic carboxylic acids is 1. The lowest BCUT2D eigenvalue weighted by atomic mass is 10.1. The van der Waals surface area contributed by atoms with E-state index in [9.17, 15) is 9.59 Å². The minimum absolute atomic E-state index is 0.0128. The second-order valence-corrected chi connectivity index (χ2v) is 5.12. The predicted octanol–water partition coefficient (Wildman–Crippen LogP) is 3.62. The number of rotatable bonds is 7. The summed E-state index contributed by atoms with van der Waals surface area (Å²) in [6.07, 6.45) is -0.136. The molecule has 2 aromatic rings. The molecule has 2 rings (SSSR count). The number of carbonyl (C=O) groups excluding carboxylic acids is 1. The predicted molar refractivity (Wildman–Crippen MR) is 83.2 cm³/mol. The van der Waals surface area contributed by atoms with Crippen LogP contribution in [-0.4, -0.2) is 16.9 Å². The lowest BCUT2D eigenvalue weighted by Gasteiger charge is -2.07. The second kappa shape index (κ2) is 7.41. The van der Waals surface area contributed by atoms with Gasteiger partial charge in [0.05, 0.1) is 6.42 Å². The molecule has 1 N–H and O–H groups in total. The molecule has 0 saturated carbocycles. The van der Waals surface area contributed by atoms with Gasteiger partial charge in [-0.3, -0.25) is 9.59 Å². The Balaban J connectivity index is 1.90. The first-order chi connectivity index (χ1) is 10.5. The maximum absolute atomic E-state index is 11.8. The van der Waals surface area contributed by atoms with Gasteiger partial charge < -0.3 is 9.84 Å². The molecule has 4 heteroatoms. The van der Waals surface area contributed by atoms with E-state index in [0.717, 1.165) is 5.56 Å². The molecular formula is C18H18O4. The third kappa shape index (κ3) is 4.74. The fourth-order valence-electron chi connectivity index (χ4n) is 1.95. The summed E-state index contributed by atoms with van der Waals surface area (Å²) in [5, 5.41) is 8.58. The summed E-state index contributed by atoms with van der Waals surface area (Å²) in [6, 6.07) is 14.9. The molecule has 114 valence electrons. The van der Waals surface area contributed by atoms with Crippen molar-refractivity contribution in [3.8, 4) is 5.75 Å². The summed E-state index contributed by atoms with van der Waals surface area (Å²) in [5.74, 6) is -0.464. The van der Waals surface area contributed by atoms with E-state index in [-0.39, 0.29) is 18.6 Å². The van der Waals surface area contributed by atoms with E-state index in [1.807, 2.05) is 31.2 Å². The number of carbonyl (C=O) groups is 2. The Labute approximate surface area is 129 Å². The van der Waals surface area contributed by atoms with Crippen LogP contribution in [0.25, 0.3) is 0 Å². The van der Waals surface area contributed by atoms with E-state index >= 15 is 0 Å². The minimum Gasteiger partial charge on any atom is -0.489 e. The average molecular weight is 298 g/mol. The van der Waals surface area contributed by atoms with Gasteiger partial charge in [0.25, 0.3) is 0 Å². The molecule has 0 amide bonds. The number of carboxylic acid groups (broad SMARTS) is 1. The van der Waals surface area contributed by atoms with Gasteiger partial charge in [0.15, 0.2) is 5.78 Å². The Morgan fingerprint density at radius 3 is 2.18 bits per heavy atom. The van der Waals surface area contributed by atoms with Crippen molar-refractivity contribution >= 4 is 11.8 Å². The van der Waals surface area contributed by atoms with Crippen molar-refractivity contribution in [3.63, 3.8) is 0 Å². The van der Waals surface area contributed by atoms with Crippen molar-refractivity contribution in [1.82, 2.24) is 0 Å². The Hall–Kier alpha value is -2.62. The number of carboxylic acids is 1. The van der Waals surface area contributed by atoms with Crippen LogP contribution < -0.4 is 4.74 Å². The minimum atomic E-state index is -0.966. The summed E-state index contributed by atoms with van der Waals surface area (Å²) in [5.41, 5.74) is 2.78. The number of aryl methyl sites for hydroxylation is 1. The van der Waals surface area contributed by atoms with Crippen molar-refractivity contribution in [2.45, 2.75) is 26.4 Å². The van der Waals surface area contributed by atoms with Crippen LogP contribution in [0.2, 0.25) is 0 Å². The first-order valence-corrected chi connectivity index (χ1v) is 7.08. The molecule has 0 radical (unpaired) electrons. The first kappa shape index (κ1) is 15.8. The highest BCUT2D eigenvalue weighted by atomic mass is 16.5. The molecule has 4 nitrogen and oxygen atoms in total. The molecule has 0 aliphatic rings. The molecule has 0 bridgehead atoms. The van der Waals surface area contributed by atoms with E-state index in [0.29, 0.717) is 17.9 Å². The summed E-state index contributed by atoms with van der Waals surface area (Å²) >= 11 is 0. The molecule has 0 saturated heterocycles. The van der Waals surface area contributed by atoms with Crippen molar-refractivity contribution in [1.29, 1.82) is 0 Å². The van der Waals surface area contributed by atoms with Crippen LogP contribution in [0.15, 0.2) is 48.5 Å². The summed E-state index contributed by atoms with van der Waals surface area (Å²) in [4.78, 5) is 22.2. The number of benzene rings is 2. The third-order valence-electron chi connectivity index (χ3n) is 3.27. The van der Waals surface area contributed by atoms with Crippen molar-refractivity contribution < 1.29 is 19.4 Å². The Bertz CT molecular complexity index is 642. The monoisotopic (exact) mass is 298 g/mol. The molecular weight excluding hydrogens is 280 g/mol. The third-order valence-corrected chi connectivity index (χ3v) is 3.27. The zero-order valence-corrected chi connectivity index (χ0v) is 12.4. The Morgan fingerprint density at radius 1 is 0.955 bits per heavy atom. The first-order valence-electron chi connectivity index (χ1n) is 7.08. The standard InChI is InChI=1S/C18H18O4/c1-13-2-4-14(5-3-13)12-22-16-8-6-15(7-9-16)17(19)10-11-18(20)21/h2-9H,10-12H2,1H3,(H,20,21). The molecule has 0 atom stereocenters. The number of ether oxygens (including phenoxy) is 1. The largest absolute Gasteiger partial charge is 0.489 e. The Morgan fingerprint density at radius 2 is 1.59 bits per heavy atom. The van der Waals surface area contributed by atoms with Crippen LogP contribution in [0.4, 0.5) is 0 Å². The van der Waals surface area contributed by atoms with Crippen LogP contribution in [-0.2, 0) is 11.4 Å². The van der Waals surface area contributed by atoms with Crippen molar-refractivity contribution in [3.05, 3.63) is 65.2 Å². The molecule has 0 unspecified atom stereocenters. The second-order valence-electron chi connectivity index (χ2n) is 5.12. The van der Waals surface area contributed by atoms with Crippen LogP contribution in [0.3, 0.4) is 0 Å². The molecule has 0 fully saturated rings. The van der Waals surface area contributed by atoms with Gasteiger partial charge in [-0.1, -0.05) is 29.8 Å². The van der Waals surface area contributed by atoms with E-state index < -0.39 is 5.97 Å². The smallest absolute Gasteiger partial charge is 0.303 e. The SMILES string of the molecule is Cc1ccc(COc2ccc(C(=O)CCC(=O)O)cc2)cc1. The van der Waals surface area contributed by atoms with Gasteiger partial charge in [-0.2, -0.15) is 0 Å².